The Labute approximate surface area is 173 Å². The number of terminal acetylenes is 1. The maximum Gasteiger partial charge on any atom is 0.252 e. The number of hydrogen-bond acceptors (Lipinski definition) is 6. The lowest BCUT2D eigenvalue weighted by molar-refractivity contribution is 0.353. The molecule has 3 heterocycles. The van der Waals surface area contributed by atoms with Gasteiger partial charge in [-0.05, 0) is 34.9 Å². The molecule has 10 heteroatoms. The van der Waals surface area contributed by atoms with Crippen molar-refractivity contribution in [2.75, 3.05) is 12.4 Å². The molecule has 0 spiro atoms. The number of benzene rings is 1. The van der Waals surface area contributed by atoms with E-state index >= 15 is 0 Å². The van der Waals surface area contributed by atoms with Crippen LogP contribution in [0.2, 0.25) is 0 Å². The fourth-order valence-electron chi connectivity index (χ4n) is 2.99. The van der Waals surface area contributed by atoms with Gasteiger partial charge in [0.25, 0.3) is 4.87 Å². The van der Waals surface area contributed by atoms with Crippen LogP contribution in [0.15, 0.2) is 29.5 Å². The van der Waals surface area contributed by atoms with Crippen molar-refractivity contribution in [3.05, 3.63) is 53.0 Å². The Bertz CT molecular complexity index is 1100. The zero-order valence-electron chi connectivity index (χ0n) is 15.7. The molecule has 2 aromatic rings. The summed E-state index contributed by atoms with van der Waals surface area (Å²) >= 11 is -1.34. The van der Waals surface area contributed by atoms with Gasteiger partial charge in [0.15, 0.2) is 29.9 Å². The van der Waals surface area contributed by atoms with Gasteiger partial charge in [0.1, 0.15) is 17.5 Å². The molecule has 0 bridgehead atoms. The highest BCUT2D eigenvalue weighted by atomic mass is 32.2. The predicted molar refractivity (Wildman–Crippen MR) is 106 cm³/mol. The molecule has 0 aliphatic carbocycles. The average Bonchev–Trinajstić information content (AvgIpc) is 3.41. The number of hydrogen-bond donors (Lipinski definition) is 1. The predicted octanol–water partition coefficient (Wildman–Crippen LogP) is 2.76. The van der Waals surface area contributed by atoms with Gasteiger partial charge in [-0.25, -0.2) is 23.1 Å². The van der Waals surface area contributed by atoms with Crippen LogP contribution in [0.5, 0.6) is 5.88 Å². The lowest BCUT2D eigenvalue weighted by atomic mass is 10.0. The first-order valence-electron chi connectivity index (χ1n) is 8.81. The van der Waals surface area contributed by atoms with Crippen molar-refractivity contribution >= 4 is 28.9 Å². The van der Waals surface area contributed by atoms with Crippen LogP contribution in [-0.2, 0) is 11.2 Å². The number of aromatic nitrogens is 2. The van der Waals surface area contributed by atoms with E-state index in [0.717, 1.165) is 18.3 Å². The van der Waals surface area contributed by atoms with Gasteiger partial charge in [0.05, 0.1) is 12.4 Å². The normalized spacial score (nSPS) is 24.9. The quantitative estimate of drug-likeness (QED) is 0.446. The third-order valence-electron chi connectivity index (χ3n) is 4.70. The molecule has 2 aliphatic heterocycles. The molecular weight excluding hydrogens is 417 g/mol. The molecule has 3 atom stereocenters. The van der Waals surface area contributed by atoms with Crippen LogP contribution in [0.1, 0.15) is 29.8 Å². The Hall–Kier alpha value is -3.03. The molecule has 1 N–H and O–H groups in total. The van der Waals surface area contributed by atoms with Gasteiger partial charge < -0.3 is 14.6 Å². The van der Waals surface area contributed by atoms with Crippen LogP contribution in [0, 0.1) is 24.0 Å². The summed E-state index contributed by atoms with van der Waals surface area (Å²) in [6, 6.07) is 1.32. The number of rotatable bonds is 5. The minimum absolute atomic E-state index is 0.00515. The van der Waals surface area contributed by atoms with Crippen LogP contribution in [0.3, 0.4) is 0 Å². The van der Waals surface area contributed by atoms with E-state index in [1.165, 1.54) is 12.3 Å². The molecule has 1 saturated heterocycles. The molecule has 1 aromatic carbocycles. The summed E-state index contributed by atoms with van der Waals surface area (Å²) in [4.78, 5) is 11.4. The second-order valence-electron chi connectivity index (χ2n) is 6.79. The van der Waals surface area contributed by atoms with Crippen molar-refractivity contribution in [2.24, 2.45) is 4.99 Å². The highest BCUT2D eigenvalue weighted by Crippen LogP contribution is 2.39. The number of aliphatic imine (C=N–C) groups is 1. The molecule has 30 heavy (non-hydrogen) atoms. The maximum absolute atomic E-state index is 14.6. The zero-order valence-corrected chi connectivity index (χ0v) is 16.5. The minimum Gasteiger partial charge on any atom is -0.614 e. The second-order valence-corrected chi connectivity index (χ2v) is 8.64. The first-order valence-corrected chi connectivity index (χ1v) is 10.1. The molecule has 154 valence electrons. The minimum atomic E-state index is -1.34. The van der Waals surface area contributed by atoms with E-state index in [0.29, 0.717) is 5.84 Å². The molecule has 1 fully saturated rings. The summed E-state index contributed by atoms with van der Waals surface area (Å²) in [5, 5.41) is 2.90. The van der Waals surface area contributed by atoms with Gasteiger partial charge in [-0.2, -0.15) is 0 Å². The number of nitrogens with zero attached hydrogens (tertiary/aromatic N) is 3. The maximum atomic E-state index is 14.6. The molecule has 2 aliphatic rings. The lowest BCUT2D eigenvalue weighted by Crippen LogP contribution is -2.33. The summed E-state index contributed by atoms with van der Waals surface area (Å²) in [6.07, 6.45) is 8.41. The fraction of sp³-hybridized carbons (Fsp3) is 0.250. The van der Waals surface area contributed by atoms with Gasteiger partial charge in [0, 0.05) is 12.5 Å². The number of halogens is 3. The second kappa shape index (κ2) is 7.66. The summed E-state index contributed by atoms with van der Waals surface area (Å²) in [5.41, 5.74) is -0.139. The first kappa shape index (κ1) is 20.3. The molecule has 0 saturated carbocycles. The van der Waals surface area contributed by atoms with E-state index in [4.69, 9.17) is 11.2 Å². The van der Waals surface area contributed by atoms with Crippen molar-refractivity contribution in [1.82, 2.24) is 15.3 Å². The van der Waals surface area contributed by atoms with Crippen LogP contribution in [0.25, 0.3) is 11.9 Å². The molecule has 6 nitrogen and oxygen atoms in total. The van der Waals surface area contributed by atoms with Crippen molar-refractivity contribution < 1.29 is 22.5 Å². The summed E-state index contributed by atoms with van der Waals surface area (Å²) in [5.74, 6) is -0.143. The van der Waals surface area contributed by atoms with Crippen molar-refractivity contribution in [3.8, 4) is 18.2 Å². The Kier molecular flexibility index (Phi) is 5.17. The standard InChI is InChI=1S/C20H15F3N4O2S/c1-3-4-29-17-9-24-15(8-25-17)13(21)6-11-5-12(18(23)14(22)7-11)16-10-30(28)20(2)19(26-16)27-20/h1,5-9,16H,4,10H2,2H3,(H,26,27)/b13-6-. The zero-order chi connectivity index (χ0) is 21.5. The van der Waals surface area contributed by atoms with Gasteiger partial charge in [-0.15, -0.1) is 6.42 Å². The lowest BCUT2D eigenvalue weighted by Gasteiger charge is -2.22. The third kappa shape index (κ3) is 3.74. The van der Waals surface area contributed by atoms with E-state index < -0.39 is 39.5 Å². The highest BCUT2D eigenvalue weighted by molar-refractivity contribution is 7.94. The van der Waals surface area contributed by atoms with E-state index in [1.54, 1.807) is 6.92 Å². The third-order valence-corrected chi connectivity index (χ3v) is 6.53. The Balaban J connectivity index is 1.61. The van der Waals surface area contributed by atoms with E-state index in [2.05, 4.69) is 26.2 Å². The Morgan fingerprint density at radius 3 is 2.90 bits per heavy atom. The van der Waals surface area contributed by atoms with Crippen molar-refractivity contribution in [3.63, 3.8) is 0 Å². The number of nitrogens with one attached hydrogen (secondary N) is 1. The molecule has 0 radical (unpaired) electrons. The monoisotopic (exact) mass is 432 g/mol. The first-order chi connectivity index (χ1) is 14.3. The highest BCUT2D eigenvalue weighted by Gasteiger charge is 2.61. The SMILES string of the molecule is C#CCOc1cnc(/C(F)=C/c2cc(F)c(F)c(C3C[S+]([O-])C4(C)NC4=N3)c2)cn1. The largest absolute Gasteiger partial charge is 0.614 e. The molecule has 1 aromatic heterocycles. The van der Waals surface area contributed by atoms with Crippen LogP contribution in [0.4, 0.5) is 13.2 Å². The molecular formula is C20H15F3N4O2S. The van der Waals surface area contributed by atoms with Gasteiger partial charge in [-0.3, -0.25) is 4.99 Å². The number of fused-ring (bicyclic) bond motifs is 1. The van der Waals surface area contributed by atoms with Crippen molar-refractivity contribution in [1.29, 1.82) is 0 Å². The summed E-state index contributed by atoms with van der Waals surface area (Å²) < 4.78 is 60.5. The summed E-state index contributed by atoms with van der Waals surface area (Å²) in [7, 11) is 0. The van der Waals surface area contributed by atoms with Crippen LogP contribution >= 0.6 is 0 Å². The molecule has 3 unspecified atom stereocenters. The van der Waals surface area contributed by atoms with Gasteiger partial charge in [-0.1, -0.05) is 5.92 Å². The summed E-state index contributed by atoms with van der Waals surface area (Å²) in [6.45, 7) is 1.72. The Morgan fingerprint density at radius 2 is 2.23 bits per heavy atom. The van der Waals surface area contributed by atoms with Gasteiger partial charge >= 0.3 is 0 Å². The topological polar surface area (TPSA) is 92.4 Å². The van der Waals surface area contributed by atoms with E-state index in [1.807, 2.05) is 0 Å². The van der Waals surface area contributed by atoms with Crippen molar-refractivity contribution in [2.45, 2.75) is 17.8 Å². The average molecular weight is 432 g/mol. The van der Waals surface area contributed by atoms with Crippen LogP contribution < -0.4 is 10.1 Å². The van der Waals surface area contributed by atoms with Crippen LogP contribution in [-0.4, -0.2) is 37.6 Å². The number of ether oxygens (including phenoxy) is 1. The number of amidine groups is 1. The molecule has 0 amide bonds. The van der Waals surface area contributed by atoms with E-state index in [-0.39, 0.29) is 35.1 Å². The fourth-order valence-corrected chi connectivity index (χ4v) is 4.34. The van der Waals surface area contributed by atoms with Gasteiger partial charge in [0.2, 0.25) is 5.88 Å². The smallest absolute Gasteiger partial charge is 0.252 e. The van der Waals surface area contributed by atoms with E-state index in [9.17, 15) is 17.7 Å². The Morgan fingerprint density at radius 1 is 1.43 bits per heavy atom. The molecule has 4 rings (SSSR count).